The molecule has 4 N–H and O–H groups in total. The maximum atomic E-state index is 13.2. The van der Waals surface area contributed by atoms with Gasteiger partial charge in [-0.15, -0.1) is 0 Å². The van der Waals surface area contributed by atoms with Gasteiger partial charge in [-0.3, -0.25) is 25.0 Å². The van der Waals surface area contributed by atoms with Gasteiger partial charge in [0.15, 0.2) is 5.54 Å². The summed E-state index contributed by atoms with van der Waals surface area (Å²) in [6, 6.07) is 8.88. The molecule has 0 bridgehead atoms. The number of benzene rings is 2. The number of rotatable bonds is 5. The minimum atomic E-state index is -1.69. The normalized spacial score (nSPS) is 24.4. The lowest BCUT2D eigenvalue weighted by molar-refractivity contribution is -0.125. The fourth-order valence-electron chi connectivity index (χ4n) is 5.31. The van der Waals surface area contributed by atoms with Crippen molar-refractivity contribution in [1.82, 2.24) is 26.2 Å². The van der Waals surface area contributed by atoms with E-state index in [4.69, 9.17) is 9.15 Å². The third-order valence-corrected chi connectivity index (χ3v) is 7.41. The van der Waals surface area contributed by atoms with Crippen LogP contribution >= 0.6 is 0 Å². The molecule has 12 heteroatoms. The Morgan fingerprint density at radius 2 is 1.71 bits per heavy atom. The summed E-state index contributed by atoms with van der Waals surface area (Å²) in [5, 5.41) is 10.4. The van der Waals surface area contributed by atoms with E-state index in [1.54, 1.807) is 50.2 Å². The second-order valence-electron chi connectivity index (χ2n) is 9.85. The highest BCUT2D eigenvalue weighted by Gasteiger charge is 2.53. The Morgan fingerprint density at radius 1 is 0.974 bits per heavy atom. The Kier molecular flexibility index (Phi) is 4.84. The molecule has 2 saturated heterocycles. The van der Waals surface area contributed by atoms with Gasteiger partial charge in [-0.25, -0.2) is 9.59 Å². The highest BCUT2D eigenvalue weighted by molar-refractivity contribution is 6.09. The van der Waals surface area contributed by atoms with Crippen LogP contribution in [0.25, 0.3) is 11.0 Å². The van der Waals surface area contributed by atoms with E-state index in [0.717, 1.165) is 5.56 Å². The lowest BCUT2D eigenvalue weighted by Gasteiger charge is -2.29. The first-order valence-corrected chi connectivity index (χ1v) is 11.8. The zero-order valence-corrected chi connectivity index (χ0v) is 20.7. The van der Waals surface area contributed by atoms with Crippen molar-refractivity contribution in [2.45, 2.75) is 31.5 Å². The molecule has 3 aliphatic heterocycles. The summed E-state index contributed by atoms with van der Waals surface area (Å²) in [6.07, 6.45) is 0. The van der Waals surface area contributed by atoms with Crippen molar-refractivity contribution in [2.24, 2.45) is 0 Å². The van der Waals surface area contributed by atoms with Gasteiger partial charge in [0, 0.05) is 17.5 Å². The second-order valence-corrected chi connectivity index (χ2v) is 9.85. The van der Waals surface area contributed by atoms with E-state index in [-0.39, 0.29) is 24.8 Å². The molecular weight excluding hydrogens is 494 g/mol. The van der Waals surface area contributed by atoms with E-state index in [1.807, 2.05) is 0 Å². The molecule has 2 aromatic carbocycles. The summed E-state index contributed by atoms with van der Waals surface area (Å²) in [7, 11) is 1.51. The largest absolute Gasteiger partial charge is 0.497 e. The summed E-state index contributed by atoms with van der Waals surface area (Å²) in [5.41, 5.74) is -0.148. The molecule has 38 heavy (non-hydrogen) atoms. The van der Waals surface area contributed by atoms with Crippen LogP contribution < -0.4 is 26.0 Å². The second kappa shape index (κ2) is 7.81. The number of aryl methyl sites for hydroxylation is 1. The number of carbonyl (C=O) groups is 5. The minimum absolute atomic E-state index is 0.127. The minimum Gasteiger partial charge on any atom is -0.497 e. The van der Waals surface area contributed by atoms with E-state index < -0.39 is 35.0 Å². The van der Waals surface area contributed by atoms with Crippen molar-refractivity contribution in [3.05, 3.63) is 64.4 Å². The van der Waals surface area contributed by atoms with Crippen LogP contribution in [-0.4, -0.2) is 48.3 Å². The number of fused-ring (bicyclic) bond motifs is 2. The molecule has 4 heterocycles. The van der Waals surface area contributed by atoms with Crippen LogP contribution in [0.2, 0.25) is 0 Å². The van der Waals surface area contributed by atoms with Crippen LogP contribution in [0, 0.1) is 6.92 Å². The third kappa shape index (κ3) is 3.26. The number of furan rings is 1. The van der Waals surface area contributed by atoms with Gasteiger partial charge < -0.3 is 24.7 Å². The van der Waals surface area contributed by atoms with Crippen LogP contribution in [0.1, 0.15) is 39.7 Å². The topological polar surface area (TPSA) is 159 Å². The summed E-state index contributed by atoms with van der Waals surface area (Å²) in [4.78, 5) is 64.6. The van der Waals surface area contributed by atoms with Crippen LogP contribution in [-0.2, 0) is 27.2 Å². The van der Waals surface area contributed by atoms with Gasteiger partial charge in [-0.2, -0.15) is 0 Å². The van der Waals surface area contributed by atoms with Crippen molar-refractivity contribution in [3.8, 4) is 5.75 Å². The molecule has 6 rings (SSSR count). The average Bonchev–Trinajstić information content (AvgIpc) is 3.58. The number of methoxy groups -OCH3 is 1. The molecule has 2 unspecified atom stereocenters. The molecule has 12 nitrogen and oxygen atoms in total. The van der Waals surface area contributed by atoms with Gasteiger partial charge in [0.1, 0.15) is 22.6 Å². The molecule has 3 aromatic rings. The first-order valence-electron chi connectivity index (χ1n) is 11.8. The molecule has 194 valence electrons. The maximum Gasteiger partial charge on any atom is 0.322 e. The summed E-state index contributed by atoms with van der Waals surface area (Å²) >= 11 is 0. The number of hydrogen-bond donors (Lipinski definition) is 4. The van der Waals surface area contributed by atoms with Crippen molar-refractivity contribution in [3.63, 3.8) is 0 Å². The highest BCUT2D eigenvalue weighted by Crippen LogP contribution is 2.37. The van der Waals surface area contributed by atoms with E-state index in [1.165, 1.54) is 12.0 Å². The fourth-order valence-corrected chi connectivity index (χ4v) is 5.31. The summed E-state index contributed by atoms with van der Waals surface area (Å²) in [6.45, 7) is 3.42. The predicted octanol–water partition coefficient (Wildman–Crippen LogP) is 1.50. The predicted molar refractivity (Wildman–Crippen MR) is 131 cm³/mol. The molecule has 0 spiro atoms. The number of hydrogen-bond acceptors (Lipinski definition) is 7. The Morgan fingerprint density at radius 3 is 2.37 bits per heavy atom. The standard InChI is InChI=1S/C26H23N5O7/c1-12-6-15(25(2)21(33)27-23(35)29-25)7-14-8-18(38-19(12)14)26(22(34)28-24(36)30-26)11-31-10-13-4-5-16(37-3)9-17(13)20(31)32/h4-9H,10-11H2,1-3H3,(H2,27,29,33,35)(H2,28,30,34,36). The molecule has 0 saturated carbocycles. The Hall–Kier alpha value is -4.87. The zero-order chi connectivity index (χ0) is 27.0. The molecule has 7 amide bonds. The zero-order valence-electron chi connectivity index (χ0n) is 20.7. The third-order valence-electron chi connectivity index (χ3n) is 7.41. The van der Waals surface area contributed by atoms with E-state index in [9.17, 15) is 24.0 Å². The van der Waals surface area contributed by atoms with Crippen LogP contribution in [0.4, 0.5) is 9.59 Å². The van der Waals surface area contributed by atoms with Crippen molar-refractivity contribution in [2.75, 3.05) is 13.7 Å². The number of nitrogens with zero attached hydrogens (tertiary/aromatic N) is 1. The summed E-state index contributed by atoms with van der Waals surface area (Å²) < 4.78 is 11.4. The number of urea groups is 2. The number of carbonyl (C=O) groups excluding carboxylic acids is 5. The molecule has 2 atom stereocenters. The van der Waals surface area contributed by atoms with Gasteiger partial charge >= 0.3 is 12.1 Å². The van der Waals surface area contributed by atoms with Crippen LogP contribution in [0.5, 0.6) is 5.75 Å². The van der Waals surface area contributed by atoms with E-state index >= 15 is 0 Å². The molecule has 0 radical (unpaired) electrons. The van der Waals surface area contributed by atoms with E-state index in [0.29, 0.717) is 33.4 Å². The molecule has 2 fully saturated rings. The quantitative estimate of drug-likeness (QED) is 0.373. The average molecular weight is 517 g/mol. The Bertz CT molecular complexity index is 1610. The summed E-state index contributed by atoms with van der Waals surface area (Å²) in [5.74, 6) is -0.798. The molecule has 3 aliphatic rings. The number of nitrogens with one attached hydrogen (secondary N) is 4. The Balaban J connectivity index is 1.41. The van der Waals surface area contributed by atoms with Gasteiger partial charge in [0.05, 0.1) is 13.7 Å². The first-order chi connectivity index (χ1) is 18.0. The molecular formula is C26H23N5O7. The monoisotopic (exact) mass is 517 g/mol. The van der Waals surface area contributed by atoms with Gasteiger partial charge in [-0.1, -0.05) is 6.07 Å². The van der Waals surface area contributed by atoms with Crippen molar-refractivity contribution < 1.29 is 33.1 Å². The van der Waals surface area contributed by atoms with Crippen molar-refractivity contribution in [1.29, 1.82) is 0 Å². The lowest BCUT2D eigenvalue weighted by Crippen LogP contribution is -2.52. The fraction of sp³-hybridized carbons (Fsp3) is 0.269. The molecule has 0 aliphatic carbocycles. The van der Waals surface area contributed by atoms with E-state index in [2.05, 4.69) is 21.3 Å². The SMILES string of the molecule is COc1ccc2c(c1)C(=O)N(CC1(c3cc4cc(C5(C)NC(=O)NC5=O)cc(C)c4o3)NC(=O)NC1=O)C2. The first kappa shape index (κ1) is 23.5. The lowest BCUT2D eigenvalue weighted by atomic mass is 9.89. The van der Waals surface area contributed by atoms with Crippen LogP contribution in [0.3, 0.4) is 0 Å². The number of ether oxygens (including phenoxy) is 1. The van der Waals surface area contributed by atoms with Crippen LogP contribution in [0.15, 0.2) is 40.8 Å². The number of amides is 7. The van der Waals surface area contributed by atoms with Gasteiger partial charge in [-0.05, 0) is 60.9 Å². The Labute approximate surface area is 215 Å². The smallest absolute Gasteiger partial charge is 0.322 e. The van der Waals surface area contributed by atoms with Gasteiger partial charge in [0.25, 0.3) is 17.7 Å². The number of imide groups is 2. The maximum absolute atomic E-state index is 13.2. The van der Waals surface area contributed by atoms with Gasteiger partial charge in [0.2, 0.25) is 0 Å². The highest BCUT2D eigenvalue weighted by atomic mass is 16.5. The van der Waals surface area contributed by atoms with Crippen molar-refractivity contribution >= 4 is 40.8 Å². The molecule has 1 aromatic heterocycles.